The molecular formula is C13H16N2O. The second-order valence-corrected chi connectivity index (χ2v) is 4.32. The van der Waals surface area contributed by atoms with Crippen LogP contribution in [0.15, 0.2) is 18.3 Å². The van der Waals surface area contributed by atoms with Crippen LogP contribution in [0.2, 0.25) is 0 Å². The molecule has 0 aliphatic carbocycles. The van der Waals surface area contributed by atoms with Crippen molar-refractivity contribution in [1.29, 1.82) is 0 Å². The molecule has 3 nitrogen and oxygen atoms in total. The van der Waals surface area contributed by atoms with Crippen molar-refractivity contribution in [1.82, 2.24) is 10.2 Å². The Morgan fingerprint density at radius 2 is 2.00 bits per heavy atom. The maximum Gasteiger partial charge on any atom is 0.147 e. The summed E-state index contributed by atoms with van der Waals surface area (Å²) in [7, 11) is 1.66. The lowest BCUT2D eigenvalue weighted by Crippen LogP contribution is -1.97. The van der Waals surface area contributed by atoms with Gasteiger partial charge in [0.05, 0.1) is 13.3 Å². The molecule has 0 spiro atoms. The van der Waals surface area contributed by atoms with Gasteiger partial charge in [0, 0.05) is 5.39 Å². The average Bonchev–Trinajstić information content (AvgIpc) is 2.26. The molecule has 0 fully saturated rings. The third-order valence-electron chi connectivity index (χ3n) is 2.73. The Hall–Kier alpha value is -1.64. The van der Waals surface area contributed by atoms with Crippen LogP contribution >= 0.6 is 0 Å². The molecule has 0 unspecified atom stereocenters. The van der Waals surface area contributed by atoms with Gasteiger partial charge in [0.1, 0.15) is 11.3 Å². The third kappa shape index (κ3) is 1.73. The highest BCUT2D eigenvalue weighted by atomic mass is 16.5. The summed E-state index contributed by atoms with van der Waals surface area (Å²) in [6.45, 7) is 6.38. The third-order valence-corrected chi connectivity index (χ3v) is 2.73. The van der Waals surface area contributed by atoms with Crippen molar-refractivity contribution in [2.75, 3.05) is 7.11 Å². The molecular weight excluding hydrogens is 200 g/mol. The number of benzene rings is 1. The standard InChI is InChI=1S/C13H16N2O/c1-8(2)11-7-14-15-13-10(11)5-9(3)6-12(13)16-4/h5-8H,1-4H3. The van der Waals surface area contributed by atoms with Gasteiger partial charge in [0.15, 0.2) is 0 Å². The molecule has 2 rings (SSSR count). The maximum absolute atomic E-state index is 5.34. The molecule has 0 N–H and O–H groups in total. The van der Waals surface area contributed by atoms with Crippen molar-refractivity contribution in [2.24, 2.45) is 0 Å². The molecule has 1 aromatic heterocycles. The summed E-state index contributed by atoms with van der Waals surface area (Å²) in [5.74, 6) is 1.23. The van der Waals surface area contributed by atoms with E-state index < -0.39 is 0 Å². The first-order valence-electron chi connectivity index (χ1n) is 5.43. The molecule has 0 saturated carbocycles. The lowest BCUT2D eigenvalue weighted by atomic mass is 9.99. The Bertz CT molecular complexity index is 521. The first-order valence-corrected chi connectivity index (χ1v) is 5.43. The van der Waals surface area contributed by atoms with Crippen LogP contribution in [-0.2, 0) is 0 Å². The predicted octanol–water partition coefficient (Wildman–Crippen LogP) is 3.07. The number of nitrogens with zero attached hydrogens (tertiary/aromatic N) is 2. The van der Waals surface area contributed by atoms with E-state index in [9.17, 15) is 0 Å². The molecule has 0 aliphatic heterocycles. The minimum Gasteiger partial charge on any atom is -0.494 e. The molecule has 0 saturated heterocycles. The van der Waals surface area contributed by atoms with Gasteiger partial charge in [-0.05, 0) is 36.1 Å². The van der Waals surface area contributed by atoms with Gasteiger partial charge in [0.2, 0.25) is 0 Å². The van der Waals surface area contributed by atoms with Gasteiger partial charge in [-0.3, -0.25) is 0 Å². The fraction of sp³-hybridized carbons (Fsp3) is 0.385. The second kappa shape index (κ2) is 4.08. The normalized spacial score (nSPS) is 11.1. The number of methoxy groups -OCH3 is 1. The Balaban J connectivity index is 2.82. The molecule has 0 atom stereocenters. The van der Waals surface area contributed by atoms with Gasteiger partial charge in [0.25, 0.3) is 0 Å². The Labute approximate surface area is 95.5 Å². The van der Waals surface area contributed by atoms with Crippen LogP contribution in [0.5, 0.6) is 5.75 Å². The van der Waals surface area contributed by atoms with E-state index in [1.54, 1.807) is 7.11 Å². The summed E-state index contributed by atoms with van der Waals surface area (Å²) >= 11 is 0. The van der Waals surface area contributed by atoms with E-state index in [2.05, 4.69) is 37.0 Å². The van der Waals surface area contributed by atoms with Gasteiger partial charge in [-0.2, -0.15) is 5.10 Å². The molecule has 0 radical (unpaired) electrons. The lowest BCUT2D eigenvalue weighted by molar-refractivity contribution is 0.418. The summed E-state index contributed by atoms with van der Waals surface area (Å²) in [4.78, 5) is 0. The number of aromatic nitrogens is 2. The van der Waals surface area contributed by atoms with Crippen LogP contribution in [-0.4, -0.2) is 17.3 Å². The zero-order valence-electron chi connectivity index (χ0n) is 10.1. The van der Waals surface area contributed by atoms with E-state index >= 15 is 0 Å². The average molecular weight is 216 g/mol. The van der Waals surface area contributed by atoms with Crippen LogP contribution in [0.25, 0.3) is 10.9 Å². The van der Waals surface area contributed by atoms with Gasteiger partial charge < -0.3 is 4.74 Å². The zero-order valence-corrected chi connectivity index (χ0v) is 10.1. The van der Waals surface area contributed by atoms with Crippen LogP contribution in [0.4, 0.5) is 0 Å². The van der Waals surface area contributed by atoms with E-state index in [0.29, 0.717) is 5.92 Å². The molecule has 1 aromatic carbocycles. The Morgan fingerprint density at radius 1 is 1.25 bits per heavy atom. The van der Waals surface area contributed by atoms with E-state index in [4.69, 9.17) is 4.74 Å². The van der Waals surface area contributed by atoms with Gasteiger partial charge >= 0.3 is 0 Å². The molecule has 3 heteroatoms. The van der Waals surface area contributed by atoms with E-state index in [1.165, 1.54) is 11.1 Å². The summed E-state index contributed by atoms with van der Waals surface area (Å²) in [5.41, 5.74) is 3.24. The SMILES string of the molecule is COc1cc(C)cc2c(C(C)C)cnnc12. The van der Waals surface area contributed by atoms with E-state index in [-0.39, 0.29) is 0 Å². The quantitative estimate of drug-likeness (QED) is 0.773. The number of rotatable bonds is 2. The molecule has 16 heavy (non-hydrogen) atoms. The summed E-state index contributed by atoms with van der Waals surface area (Å²) in [5, 5.41) is 9.34. The van der Waals surface area contributed by atoms with Crippen LogP contribution in [0.3, 0.4) is 0 Å². The molecule has 2 aromatic rings. The predicted molar refractivity (Wildman–Crippen MR) is 64.9 cm³/mol. The number of fused-ring (bicyclic) bond motifs is 1. The fourth-order valence-corrected chi connectivity index (χ4v) is 1.90. The van der Waals surface area contributed by atoms with Gasteiger partial charge in [-0.25, -0.2) is 0 Å². The first-order chi connectivity index (χ1) is 7.63. The monoisotopic (exact) mass is 216 g/mol. The second-order valence-electron chi connectivity index (χ2n) is 4.32. The van der Waals surface area contributed by atoms with Crippen molar-refractivity contribution in [3.05, 3.63) is 29.5 Å². The van der Waals surface area contributed by atoms with Crippen molar-refractivity contribution in [3.63, 3.8) is 0 Å². The Kier molecular flexibility index (Phi) is 2.77. The van der Waals surface area contributed by atoms with E-state index in [1.807, 2.05) is 12.3 Å². The maximum atomic E-state index is 5.34. The summed E-state index contributed by atoms with van der Waals surface area (Å²) < 4.78 is 5.34. The smallest absolute Gasteiger partial charge is 0.147 e. The fourth-order valence-electron chi connectivity index (χ4n) is 1.90. The zero-order chi connectivity index (χ0) is 11.7. The highest BCUT2D eigenvalue weighted by Crippen LogP contribution is 2.30. The number of hydrogen-bond donors (Lipinski definition) is 0. The number of ether oxygens (including phenoxy) is 1. The number of aryl methyl sites for hydroxylation is 1. The van der Waals surface area contributed by atoms with Crippen molar-refractivity contribution in [3.8, 4) is 5.75 Å². The summed E-state index contributed by atoms with van der Waals surface area (Å²) in [6, 6.07) is 4.13. The molecule has 1 heterocycles. The van der Waals surface area contributed by atoms with Crippen LogP contribution in [0.1, 0.15) is 30.9 Å². The molecule has 84 valence electrons. The molecule has 0 bridgehead atoms. The first kappa shape index (κ1) is 10.9. The minimum atomic E-state index is 0.435. The van der Waals surface area contributed by atoms with Crippen molar-refractivity contribution in [2.45, 2.75) is 26.7 Å². The number of hydrogen-bond acceptors (Lipinski definition) is 3. The Morgan fingerprint density at radius 3 is 2.62 bits per heavy atom. The molecule has 0 aliphatic rings. The topological polar surface area (TPSA) is 35.0 Å². The van der Waals surface area contributed by atoms with Crippen LogP contribution < -0.4 is 4.74 Å². The largest absolute Gasteiger partial charge is 0.494 e. The lowest BCUT2D eigenvalue weighted by Gasteiger charge is -2.11. The minimum absolute atomic E-state index is 0.435. The highest BCUT2D eigenvalue weighted by Gasteiger charge is 2.11. The van der Waals surface area contributed by atoms with E-state index in [0.717, 1.165) is 16.7 Å². The molecule has 0 amide bonds. The van der Waals surface area contributed by atoms with Gasteiger partial charge in [-0.1, -0.05) is 13.8 Å². The summed E-state index contributed by atoms with van der Waals surface area (Å²) in [6.07, 6.45) is 1.84. The highest BCUT2D eigenvalue weighted by molar-refractivity contribution is 5.87. The van der Waals surface area contributed by atoms with Crippen molar-refractivity contribution >= 4 is 10.9 Å². The van der Waals surface area contributed by atoms with Crippen molar-refractivity contribution < 1.29 is 4.74 Å². The van der Waals surface area contributed by atoms with Crippen LogP contribution in [0, 0.1) is 6.92 Å². The van der Waals surface area contributed by atoms with Gasteiger partial charge in [-0.15, -0.1) is 5.10 Å².